The Labute approximate surface area is 175 Å². The maximum absolute atomic E-state index is 12.6. The molecule has 0 heterocycles. The summed E-state index contributed by atoms with van der Waals surface area (Å²) in [7, 11) is 0. The molecule has 3 aromatic rings. The van der Waals surface area contributed by atoms with Gasteiger partial charge in [0.25, 0.3) is 11.8 Å². The molecular formula is C24H23ClN2O2. The molecule has 5 heteroatoms. The zero-order valence-electron chi connectivity index (χ0n) is 16.6. The number of halogens is 1. The summed E-state index contributed by atoms with van der Waals surface area (Å²) >= 11 is 5.94. The van der Waals surface area contributed by atoms with E-state index >= 15 is 0 Å². The lowest BCUT2D eigenvalue weighted by Gasteiger charge is -2.19. The van der Waals surface area contributed by atoms with Crippen LogP contribution in [0.3, 0.4) is 0 Å². The quantitative estimate of drug-likeness (QED) is 0.546. The SMILES string of the molecule is CC(C)(C)c1ccc(C(=O)Nc2cccc(NC(=O)c3cccc(Cl)c3)c2)cc1. The van der Waals surface area contributed by atoms with Crippen LogP contribution in [0.25, 0.3) is 0 Å². The van der Waals surface area contributed by atoms with Gasteiger partial charge in [-0.25, -0.2) is 0 Å². The molecule has 0 unspecified atom stereocenters. The largest absolute Gasteiger partial charge is 0.322 e. The zero-order chi connectivity index (χ0) is 21.0. The third kappa shape index (κ3) is 5.46. The minimum Gasteiger partial charge on any atom is -0.322 e. The zero-order valence-corrected chi connectivity index (χ0v) is 17.4. The van der Waals surface area contributed by atoms with Crippen LogP contribution in [-0.4, -0.2) is 11.8 Å². The molecule has 0 saturated heterocycles. The highest BCUT2D eigenvalue weighted by Gasteiger charge is 2.14. The van der Waals surface area contributed by atoms with Gasteiger partial charge in [0.2, 0.25) is 0 Å². The normalized spacial score (nSPS) is 11.0. The Morgan fingerprint density at radius 3 is 1.83 bits per heavy atom. The van der Waals surface area contributed by atoms with Gasteiger partial charge in [-0.1, -0.05) is 56.6 Å². The number of benzene rings is 3. The van der Waals surface area contributed by atoms with E-state index in [2.05, 4.69) is 31.4 Å². The van der Waals surface area contributed by atoms with Crippen LogP contribution in [0.4, 0.5) is 11.4 Å². The van der Waals surface area contributed by atoms with Crippen LogP contribution in [0.2, 0.25) is 5.02 Å². The molecule has 148 valence electrons. The molecule has 0 bridgehead atoms. The fraction of sp³-hybridized carbons (Fsp3) is 0.167. The third-order valence-electron chi connectivity index (χ3n) is 4.48. The number of hydrogen-bond acceptors (Lipinski definition) is 2. The minimum atomic E-state index is -0.270. The van der Waals surface area contributed by atoms with E-state index in [-0.39, 0.29) is 17.2 Å². The van der Waals surface area contributed by atoms with Gasteiger partial charge in [-0.15, -0.1) is 0 Å². The van der Waals surface area contributed by atoms with E-state index in [0.29, 0.717) is 27.5 Å². The Morgan fingerprint density at radius 2 is 1.28 bits per heavy atom. The molecule has 0 saturated carbocycles. The highest BCUT2D eigenvalue weighted by atomic mass is 35.5. The first-order chi connectivity index (χ1) is 13.7. The van der Waals surface area contributed by atoms with Crippen molar-refractivity contribution in [3.05, 3.63) is 94.5 Å². The maximum atomic E-state index is 12.6. The predicted octanol–water partition coefficient (Wildman–Crippen LogP) is 6.14. The molecule has 3 rings (SSSR count). The van der Waals surface area contributed by atoms with E-state index in [1.807, 2.05) is 24.3 Å². The van der Waals surface area contributed by atoms with Gasteiger partial charge in [-0.05, 0) is 59.5 Å². The van der Waals surface area contributed by atoms with Gasteiger partial charge in [-0.2, -0.15) is 0 Å². The van der Waals surface area contributed by atoms with Crippen molar-refractivity contribution < 1.29 is 9.59 Å². The molecule has 29 heavy (non-hydrogen) atoms. The van der Waals surface area contributed by atoms with E-state index in [4.69, 9.17) is 11.6 Å². The average Bonchev–Trinajstić information content (AvgIpc) is 2.67. The molecule has 0 radical (unpaired) electrons. The second-order valence-corrected chi connectivity index (χ2v) is 8.26. The Morgan fingerprint density at radius 1 is 0.724 bits per heavy atom. The van der Waals surface area contributed by atoms with Gasteiger partial charge in [0.05, 0.1) is 0 Å². The minimum absolute atomic E-state index is 0.0323. The molecule has 0 aliphatic heterocycles. The third-order valence-corrected chi connectivity index (χ3v) is 4.71. The molecule has 0 aliphatic carbocycles. The monoisotopic (exact) mass is 406 g/mol. The summed E-state index contributed by atoms with van der Waals surface area (Å²) in [6.45, 7) is 6.39. The molecule has 0 atom stereocenters. The van der Waals surface area contributed by atoms with Crippen LogP contribution in [0.1, 0.15) is 47.1 Å². The summed E-state index contributed by atoms with van der Waals surface area (Å²) in [6, 6.07) is 21.3. The molecule has 0 spiro atoms. The molecule has 0 aliphatic rings. The lowest BCUT2D eigenvalue weighted by molar-refractivity contribution is 0.101. The summed E-state index contributed by atoms with van der Waals surface area (Å²) < 4.78 is 0. The highest BCUT2D eigenvalue weighted by Crippen LogP contribution is 2.23. The van der Waals surface area contributed by atoms with Crippen molar-refractivity contribution >= 4 is 34.8 Å². The smallest absolute Gasteiger partial charge is 0.255 e. The summed E-state index contributed by atoms with van der Waals surface area (Å²) in [5.74, 6) is -0.475. The maximum Gasteiger partial charge on any atom is 0.255 e. The van der Waals surface area contributed by atoms with Crippen molar-refractivity contribution in [2.24, 2.45) is 0 Å². The lowest BCUT2D eigenvalue weighted by atomic mass is 9.87. The lowest BCUT2D eigenvalue weighted by Crippen LogP contribution is -2.15. The number of carbonyl (C=O) groups is 2. The van der Waals surface area contributed by atoms with Crippen molar-refractivity contribution in [1.82, 2.24) is 0 Å². The number of anilines is 2. The summed E-state index contributed by atoms with van der Waals surface area (Å²) in [5.41, 5.74) is 3.41. The topological polar surface area (TPSA) is 58.2 Å². The molecule has 3 aromatic carbocycles. The molecule has 4 nitrogen and oxygen atoms in total. The van der Waals surface area contributed by atoms with Gasteiger partial charge in [-0.3, -0.25) is 9.59 Å². The van der Waals surface area contributed by atoms with Gasteiger partial charge in [0, 0.05) is 27.5 Å². The molecule has 0 fully saturated rings. The van der Waals surface area contributed by atoms with E-state index in [1.165, 1.54) is 5.56 Å². The van der Waals surface area contributed by atoms with Crippen LogP contribution in [-0.2, 0) is 5.41 Å². The Kier molecular flexibility index (Phi) is 6.04. The first-order valence-corrected chi connectivity index (χ1v) is 9.69. The standard InChI is InChI=1S/C24H23ClN2O2/c1-24(2,3)18-12-10-16(11-13-18)22(28)26-20-8-5-9-21(15-20)27-23(29)17-6-4-7-19(25)14-17/h4-15H,1-3H3,(H,26,28)(H,27,29). The molecule has 2 N–H and O–H groups in total. The molecular weight excluding hydrogens is 384 g/mol. The van der Waals surface area contributed by atoms with Crippen molar-refractivity contribution in [2.45, 2.75) is 26.2 Å². The van der Waals surface area contributed by atoms with E-state index < -0.39 is 0 Å². The summed E-state index contributed by atoms with van der Waals surface area (Å²) in [6.07, 6.45) is 0. The van der Waals surface area contributed by atoms with Crippen LogP contribution in [0, 0.1) is 0 Å². The Bertz CT molecular complexity index is 1040. The summed E-state index contributed by atoms with van der Waals surface area (Å²) in [4.78, 5) is 24.9. The molecule has 0 aromatic heterocycles. The first kappa shape index (κ1) is 20.6. The summed E-state index contributed by atoms with van der Waals surface area (Å²) in [5, 5.41) is 6.18. The fourth-order valence-electron chi connectivity index (χ4n) is 2.83. The highest BCUT2D eigenvalue weighted by molar-refractivity contribution is 6.31. The van der Waals surface area contributed by atoms with E-state index in [9.17, 15) is 9.59 Å². The van der Waals surface area contributed by atoms with Crippen molar-refractivity contribution in [1.29, 1.82) is 0 Å². The number of carbonyl (C=O) groups excluding carboxylic acids is 2. The van der Waals surface area contributed by atoms with Gasteiger partial charge >= 0.3 is 0 Å². The van der Waals surface area contributed by atoms with Crippen LogP contribution < -0.4 is 10.6 Å². The van der Waals surface area contributed by atoms with Gasteiger partial charge < -0.3 is 10.6 Å². The predicted molar refractivity (Wildman–Crippen MR) is 119 cm³/mol. The van der Waals surface area contributed by atoms with Gasteiger partial charge in [0.15, 0.2) is 0 Å². The second-order valence-electron chi connectivity index (χ2n) is 7.83. The van der Waals surface area contributed by atoms with Crippen molar-refractivity contribution in [2.75, 3.05) is 10.6 Å². The Hall–Kier alpha value is -3.11. The number of rotatable bonds is 4. The van der Waals surface area contributed by atoms with Crippen molar-refractivity contribution in [3.63, 3.8) is 0 Å². The van der Waals surface area contributed by atoms with E-state index in [0.717, 1.165) is 0 Å². The Balaban J connectivity index is 1.69. The average molecular weight is 407 g/mol. The first-order valence-electron chi connectivity index (χ1n) is 9.31. The van der Waals surface area contributed by atoms with Crippen LogP contribution in [0.5, 0.6) is 0 Å². The second kappa shape index (κ2) is 8.50. The van der Waals surface area contributed by atoms with E-state index in [1.54, 1.807) is 48.5 Å². The van der Waals surface area contributed by atoms with Crippen LogP contribution >= 0.6 is 11.6 Å². The van der Waals surface area contributed by atoms with Crippen molar-refractivity contribution in [3.8, 4) is 0 Å². The van der Waals surface area contributed by atoms with Gasteiger partial charge in [0.1, 0.15) is 0 Å². The number of hydrogen-bond donors (Lipinski definition) is 2. The van der Waals surface area contributed by atoms with Crippen LogP contribution in [0.15, 0.2) is 72.8 Å². The number of nitrogens with one attached hydrogen (secondary N) is 2. The molecule has 2 amide bonds. The number of amides is 2. The fourth-order valence-corrected chi connectivity index (χ4v) is 3.02.